The van der Waals surface area contributed by atoms with Gasteiger partial charge >= 0.3 is 0 Å². The number of benzene rings is 1. The Morgan fingerprint density at radius 2 is 2.05 bits per heavy atom. The highest BCUT2D eigenvalue weighted by atomic mass is 79.9. The van der Waals surface area contributed by atoms with Crippen molar-refractivity contribution < 1.29 is 9.13 Å². The lowest BCUT2D eigenvalue weighted by molar-refractivity contribution is 0.183. The third-order valence-corrected chi connectivity index (χ3v) is 3.74. The summed E-state index contributed by atoms with van der Waals surface area (Å²) in [6.45, 7) is 0.217. The summed E-state index contributed by atoms with van der Waals surface area (Å²) in [5.41, 5.74) is 1.29. The molecule has 0 radical (unpaired) electrons. The van der Waals surface area contributed by atoms with Gasteiger partial charge in [0.2, 0.25) is 0 Å². The highest BCUT2D eigenvalue weighted by Gasteiger charge is 2.13. The first kappa shape index (κ1) is 16.5. The molecule has 0 unspecified atom stereocenters. The lowest BCUT2D eigenvalue weighted by atomic mass is 10.2. The molecule has 0 atom stereocenters. The van der Waals surface area contributed by atoms with Crippen molar-refractivity contribution in [2.45, 2.75) is 6.61 Å². The van der Waals surface area contributed by atoms with Gasteiger partial charge in [0.1, 0.15) is 11.6 Å². The molecule has 0 aliphatic carbocycles. The first-order chi connectivity index (χ1) is 10.5. The van der Waals surface area contributed by atoms with Crippen molar-refractivity contribution >= 4 is 33.1 Å². The number of aromatic nitrogens is 1. The molecule has 0 saturated carbocycles. The van der Waals surface area contributed by atoms with Crippen LogP contribution in [0.1, 0.15) is 5.56 Å². The fraction of sp³-hybridized carbons (Fsp3) is 0.267. The van der Waals surface area contributed by atoms with Gasteiger partial charge in [0.25, 0.3) is 5.56 Å². The highest BCUT2D eigenvalue weighted by Crippen LogP contribution is 2.27. The van der Waals surface area contributed by atoms with E-state index in [1.807, 2.05) is 0 Å². The van der Waals surface area contributed by atoms with Crippen LogP contribution >= 0.6 is 15.9 Å². The van der Waals surface area contributed by atoms with Crippen molar-refractivity contribution in [2.75, 3.05) is 24.8 Å². The Hall–Kier alpha value is -1.86. The van der Waals surface area contributed by atoms with E-state index >= 15 is 0 Å². The standard InChI is InChI=1S/C15H17BrFN3O2/c1-18-13-6-9(8-22-3)15(21)20(2)14(13)19-12-5-4-10(16)7-11(12)17/h4-7,18-19H,8H2,1-3H3. The van der Waals surface area contributed by atoms with Crippen molar-refractivity contribution in [3.63, 3.8) is 0 Å². The lowest BCUT2D eigenvalue weighted by Gasteiger charge is -2.17. The summed E-state index contributed by atoms with van der Waals surface area (Å²) < 4.78 is 21.1. The van der Waals surface area contributed by atoms with Crippen molar-refractivity contribution in [1.82, 2.24) is 4.57 Å². The Labute approximate surface area is 136 Å². The number of nitrogens with one attached hydrogen (secondary N) is 2. The number of halogens is 2. The predicted octanol–water partition coefficient (Wildman–Crippen LogP) is 3.22. The second-order valence-corrected chi connectivity index (χ2v) is 5.64. The molecule has 118 valence electrons. The van der Waals surface area contributed by atoms with E-state index in [-0.39, 0.29) is 17.9 Å². The van der Waals surface area contributed by atoms with Crippen LogP contribution in [-0.4, -0.2) is 18.7 Å². The summed E-state index contributed by atoms with van der Waals surface area (Å²) >= 11 is 3.21. The van der Waals surface area contributed by atoms with Crippen LogP contribution in [-0.2, 0) is 18.4 Å². The molecule has 0 saturated heterocycles. The maximum atomic E-state index is 14.0. The first-order valence-corrected chi connectivity index (χ1v) is 7.39. The minimum atomic E-state index is -0.412. The average Bonchev–Trinajstić information content (AvgIpc) is 2.49. The van der Waals surface area contributed by atoms with Gasteiger partial charge in [-0.05, 0) is 24.3 Å². The number of ether oxygens (including phenoxy) is 1. The van der Waals surface area contributed by atoms with E-state index in [4.69, 9.17) is 4.74 Å². The van der Waals surface area contributed by atoms with Gasteiger partial charge in [0.15, 0.2) is 0 Å². The van der Waals surface area contributed by atoms with Gasteiger partial charge in [-0.1, -0.05) is 15.9 Å². The van der Waals surface area contributed by atoms with Crippen LogP contribution in [0.5, 0.6) is 0 Å². The number of hydrogen-bond donors (Lipinski definition) is 2. The maximum Gasteiger partial charge on any atom is 0.257 e. The van der Waals surface area contributed by atoms with E-state index in [1.165, 1.54) is 17.7 Å². The Balaban J connectivity index is 2.50. The maximum absolute atomic E-state index is 14.0. The Morgan fingerprint density at radius 3 is 2.64 bits per heavy atom. The summed E-state index contributed by atoms with van der Waals surface area (Å²) in [4.78, 5) is 12.3. The Morgan fingerprint density at radius 1 is 1.32 bits per heavy atom. The van der Waals surface area contributed by atoms with Crippen LogP contribution in [0.2, 0.25) is 0 Å². The van der Waals surface area contributed by atoms with E-state index in [0.29, 0.717) is 21.5 Å². The highest BCUT2D eigenvalue weighted by molar-refractivity contribution is 9.10. The molecule has 2 N–H and O–H groups in total. The molecule has 0 aliphatic heterocycles. The Bertz CT molecular complexity index is 746. The van der Waals surface area contributed by atoms with Gasteiger partial charge in [0, 0.05) is 31.2 Å². The zero-order chi connectivity index (χ0) is 16.3. The van der Waals surface area contributed by atoms with Crippen molar-refractivity contribution in [3.8, 4) is 0 Å². The van der Waals surface area contributed by atoms with E-state index in [1.54, 1.807) is 32.3 Å². The minimum absolute atomic E-state index is 0.194. The molecule has 0 aliphatic rings. The van der Waals surface area contributed by atoms with Crippen LogP contribution in [0.15, 0.2) is 33.5 Å². The Kier molecular flexibility index (Phi) is 5.20. The second-order valence-electron chi connectivity index (χ2n) is 4.73. The number of anilines is 3. The van der Waals surface area contributed by atoms with Crippen LogP contribution < -0.4 is 16.2 Å². The van der Waals surface area contributed by atoms with Crippen LogP contribution in [0.4, 0.5) is 21.6 Å². The number of rotatable bonds is 5. The summed E-state index contributed by atoms with van der Waals surface area (Å²) in [5, 5.41) is 5.97. The SMILES string of the molecule is CNc1cc(COC)c(=O)n(C)c1Nc1ccc(Br)cc1F. The molecule has 2 aromatic rings. The fourth-order valence-electron chi connectivity index (χ4n) is 2.12. The monoisotopic (exact) mass is 369 g/mol. The van der Waals surface area contributed by atoms with Crippen LogP contribution in [0, 0.1) is 5.82 Å². The summed E-state index contributed by atoms with van der Waals surface area (Å²) in [6.07, 6.45) is 0. The molecule has 1 aromatic heterocycles. The molecule has 1 aromatic carbocycles. The van der Waals surface area contributed by atoms with E-state index in [2.05, 4.69) is 26.6 Å². The largest absolute Gasteiger partial charge is 0.385 e. The summed E-state index contributed by atoms with van der Waals surface area (Å²) in [6, 6.07) is 6.39. The van der Waals surface area contributed by atoms with Gasteiger partial charge in [-0.15, -0.1) is 0 Å². The fourth-order valence-corrected chi connectivity index (χ4v) is 2.45. The number of pyridine rings is 1. The molecule has 0 amide bonds. The third kappa shape index (κ3) is 3.31. The zero-order valence-corrected chi connectivity index (χ0v) is 14.1. The smallest absolute Gasteiger partial charge is 0.257 e. The van der Waals surface area contributed by atoms with E-state index in [9.17, 15) is 9.18 Å². The van der Waals surface area contributed by atoms with E-state index < -0.39 is 5.82 Å². The molecule has 2 rings (SSSR count). The molecule has 0 spiro atoms. The van der Waals surface area contributed by atoms with Gasteiger partial charge in [-0.2, -0.15) is 0 Å². The molecular formula is C15H17BrFN3O2. The first-order valence-electron chi connectivity index (χ1n) is 6.59. The van der Waals surface area contributed by atoms with E-state index in [0.717, 1.165) is 0 Å². The average molecular weight is 370 g/mol. The predicted molar refractivity (Wildman–Crippen MR) is 89.3 cm³/mol. The van der Waals surface area contributed by atoms with Crippen molar-refractivity contribution in [3.05, 3.63) is 50.5 Å². The molecule has 7 heteroatoms. The van der Waals surface area contributed by atoms with Gasteiger partial charge in [0.05, 0.1) is 18.0 Å². The molecule has 1 heterocycles. The van der Waals surface area contributed by atoms with Gasteiger partial charge in [-0.25, -0.2) is 4.39 Å². The zero-order valence-electron chi connectivity index (χ0n) is 12.5. The quantitative estimate of drug-likeness (QED) is 0.849. The van der Waals surface area contributed by atoms with Crippen LogP contribution in [0.25, 0.3) is 0 Å². The molecule has 5 nitrogen and oxygen atoms in total. The van der Waals surface area contributed by atoms with Crippen molar-refractivity contribution in [1.29, 1.82) is 0 Å². The number of nitrogens with zero attached hydrogens (tertiary/aromatic N) is 1. The second kappa shape index (κ2) is 6.93. The van der Waals surface area contributed by atoms with Gasteiger partial charge < -0.3 is 15.4 Å². The van der Waals surface area contributed by atoms with Crippen LogP contribution in [0.3, 0.4) is 0 Å². The molecular weight excluding hydrogens is 353 g/mol. The number of hydrogen-bond acceptors (Lipinski definition) is 4. The normalized spacial score (nSPS) is 10.6. The molecule has 22 heavy (non-hydrogen) atoms. The molecule has 0 bridgehead atoms. The third-order valence-electron chi connectivity index (χ3n) is 3.24. The minimum Gasteiger partial charge on any atom is -0.385 e. The van der Waals surface area contributed by atoms with Gasteiger partial charge in [-0.3, -0.25) is 9.36 Å². The number of methoxy groups -OCH3 is 1. The topological polar surface area (TPSA) is 55.3 Å². The summed E-state index contributed by atoms with van der Waals surface area (Å²) in [7, 11) is 4.89. The molecule has 0 fully saturated rings. The lowest BCUT2D eigenvalue weighted by Crippen LogP contribution is -2.24. The van der Waals surface area contributed by atoms with Crippen molar-refractivity contribution in [2.24, 2.45) is 7.05 Å². The summed E-state index contributed by atoms with van der Waals surface area (Å²) in [5.74, 6) is 0.0680.